The third-order valence-corrected chi connectivity index (χ3v) is 4.96. The van der Waals surface area contributed by atoms with E-state index in [2.05, 4.69) is 47.4 Å². The lowest BCUT2D eigenvalue weighted by Gasteiger charge is -2.42. The number of likely N-dealkylation sites (N-methyl/N-ethyl adjacent to an activating group) is 1. The van der Waals surface area contributed by atoms with Crippen molar-refractivity contribution in [2.24, 2.45) is 0 Å². The van der Waals surface area contributed by atoms with Crippen LogP contribution in [0.1, 0.15) is 31.2 Å². The third kappa shape index (κ3) is 2.32. The quantitative estimate of drug-likeness (QED) is 0.833. The van der Waals surface area contributed by atoms with Gasteiger partial charge in [0.1, 0.15) is 0 Å². The fraction of sp³-hybridized carbons (Fsp3) is 0.389. The molecule has 0 radical (unpaired) electrons. The average molecular weight is 280 g/mol. The van der Waals surface area contributed by atoms with Crippen LogP contribution in [0.15, 0.2) is 47.1 Å². The molecule has 1 aromatic heterocycles. The van der Waals surface area contributed by atoms with Crippen molar-refractivity contribution in [3.05, 3.63) is 48.2 Å². The van der Waals surface area contributed by atoms with Gasteiger partial charge < -0.3 is 4.52 Å². The maximum atomic E-state index is 5.21. The van der Waals surface area contributed by atoms with Gasteiger partial charge in [-0.2, -0.15) is 0 Å². The smallest absolute Gasteiger partial charge is 0.166 e. The van der Waals surface area contributed by atoms with E-state index in [4.69, 9.17) is 4.52 Å². The number of hydrogen-bond donors (Lipinski definition) is 0. The lowest BCUT2D eigenvalue weighted by atomic mass is 9.83. The van der Waals surface area contributed by atoms with E-state index in [1.807, 2.05) is 6.07 Å². The van der Waals surface area contributed by atoms with Crippen LogP contribution in [-0.2, 0) is 0 Å². The Bertz CT molecular complexity index is 642. The molecule has 108 valence electrons. The lowest BCUT2D eigenvalue weighted by Crippen LogP contribution is -2.45. The number of nitrogens with zero attached hydrogens (tertiary/aromatic N) is 2. The Morgan fingerprint density at radius 3 is 2.62 bits per heavy atom. The van der Waals surface area contributed by atoms with E-state index in [9.17, 15) is 0 Å². The topological polar surface area (TPSA) is 29.3 Å². The van der Waals surface area contributed by atoms with Crippen molar-refractivity contribution in [3.63, 3.8) is 0 Å². The minimum atomic E-state index is 0.626. The van der Waals surface area contributed by atoms with Gasteiger partial charge in [0.25, 0.3) is 0 Å². The molecule has 0 aliphatic carbocycles. The van der Waals surface area contributed by atoms with Crippen LogP contribution in [0.25, 0.3) is 16.9 Å². The van der Waals surface area contributed by atoms with Crippen LogP contribution < -0.4 is 0 Å². The highest BCUT2D eigenvalue weighted by atomic mass is 16.5. The first-order valence-corrected chi connectivity index (χ1v) is 7.75. The van der Waals surface area contributed by atoms with Crippen LogP contribution in [0.2, 0.25) is 0 Å². The minimum absolute atomic E-state index is 0.626. The summed E-state index contributed by atoms with van der Waals surface area (Å²) in [5.41, 5.74) is 3.94. The summed E-state index contributed by atoms with van der Waals surface area (Å²) in [6.45, 7) is 0. The Labute approximate surface area is 125 Å². The maximum absolute atomic E-state index is 5.21. The minimum Gasteiger partial charge on any atom is -0.356 e. The fourth-order valence-electron chi connectivity index (χ4n) is 3.67. The predicted octanol–water partition coefficient (Wildman–Crippen LogP) is 3.98. The molecule has 21 heavy (non-hydrogen) atoms. The van der Waals surface area contributed by atoms with Crippen molar-refractivity contribution < 1.29 is 4.52 Å². The Hall–Kier alpha value is -1.87. The van der Waals surface area contributed by atoms with E-state index >= 15 is 0 Å². The van der Waals surface area contributed by atoms with Gasteiger partial charge in [0.2, 0.25) is 0 Å². The second-order valence-corrected chi connectivity index (χ2v) is 6.17. The zero-order valence-electron chi connectivity index (χ0n) is 12.3. The summed E-state index contributed by atoms with van der Waals surface area (Å²) in [6, 6.07) is 11.9. The summed E-state index contributed by atoms with van der Waals surface area (Å²) in [5, 5.41) is 3.77. The summed E-state index contributed by atoms with van der Waals surface area (Å²) < 4.78 is 5.21. The first-order valence-electron chi connectivity index (χ1n) is 7.75. The molecule has 1 aromatic carbocycles. The van der Waals surface area contributed by atoms with Crippen molar-refractivity contribution in [2.45, 2.75) is 37.8 Å². The largest absolute Gasteiger partial charge is 0.356 e. The first kappa shape index (κ1) is 12.8. The summed E-state index contributed by atoms with van der Waals surface area (Å²) in [5.74, 6) is 0.829. The number of fused-ring (bicyclic) bond motifs is 2. The van der Waals surface area contributed by atoms with Crippen molar-refractivity contribution in [1.29, 1.82) is 0 Å². The number of benzene rings is 1. The zero-order chi connectivity index (χ0) is 14.2. The number of rotatable bonds is 2. The van der Waals surface area contributed by atoms with Gasteiger partial charge in [-0.05, 0) is 37.4 Å². The lowest BCUT2D eigenvalue weighted by molar-refractivity contribution is 0.137. The Balaban J connectivity index is 1.62. The molecule has 2 aliphatic heterocycles. The van der Waals surface area contributed by atoms with Gasteiger partial charge in [0, 0.05) is 23.7 Å². The number of hydrogen-bond acceptors (Lipinski definition) is 3. The highest BCUT2D eigenvalue weighted by molar-refractivity contribution is 5.70. The molecule has 0 N–H and O–H groups in total. The van der Waals surface area contributed by atoms with E-state index < -0.39 is 0 Å². The van der Waals surface area contributed by atoms with Crippen LogP contribution in [0.3, 0.4) is 0 Å². The zero-order valence-corrected chi connectivity index (χ0v) is 12.3. The van der Waals surface area contributed by atoms with Gasteiger partial charge in [-0.3, -0.25) is 4.90 Å². The van der Waals surface area contributed by atoms with Gasteiger partial charge >= 0.3 is 0 Å². The van der Waals surface area contributed by atoms with Crippen molar-refractivity contribution in [3.8, 4) is 11.3 Å². The van der Waals surface area contributed by atoms with Gasteiger partial charge in [0.05, 0.1) is 6.20 Å². The molecule has 0 spiro atoms. The highest BCUT2D eigenvalue weighted by Crippen LogP contribution is 2.36. The molecular formula is C18H20N2O. The average Bonchev–Trinajstić information content (AvgIpc) is 3.01. The molecule has 2 aromatic rings. The standard InChI is InChI=1S/C18H20N2O/c1-20-16-3-2-4-17(20)12-15(11-16)13-5-7-14(8-6-13)18-9-10-19-21-18/h5-11,16-17H,2-4,12H2,1H3. The molecule has 3 heterocycles. The van der Waals surface area contributed by atoms with Gasteiger partial charge in [-0.15, -0.1) is 0 Å². The third-order valence-electron chi connectivity index (χ3n) is 4.96. The molecule has 0 saturated carbocycles. The number of piperidine rings is 1. The molecule has 2 bridgehead atoms. The van der Waals surface area contributed by atoms with Crippen LogP contribution in [0.4, 0.5) is 0 Å². The molecule has 2 aliphatic rings. The molecule has 3 nitrogen and oxygen atoms in total. The van der Waals surface area contributed by atoms with E-state index in [1.165, 1.54) is 36.8 Å². The Morgan fingerprint density at radius 1 is 1.10 bits per heavy atom. The van der Waals surface area contributed by atoms with Crippen LogP contribution >= 0.6 is 0 Å². The SMILES string of the molecule is CN1C2C=C(c3ccc(-c4ccno4)cc3)CC1CCC2. The van der Waals surface area contributed by atoms with E-state index in [0.717, 1.165) is 17.4 Å². The molecule has 3 heteroatoms. The van der Waals surface area contributed by atoms with E-state index in [1.54, 1.807) is 6.20 Å². The van der Waals surface area contributed by atoms with Gasteiger partial charge in [0.15, 0.2) is 5.76 Å². The van der Waals surface area contributed by atoms with Crippen molar-refractivity contribution in [1.82, 2.24) is 10.1 Å². The maximum Gasteiger partial charge on any atom is 0.166 e. The van der Waals surface area contributed by atoms with Gasteiger partial charge in [-0.1, -0.05) is 41.9 Å². The fourth-order valence-corrected chi connectivity index (χ4v) is 3.67. The molecule has 2 atom stereocenters. The summed E-state index contributed by atoms with van der Waals surface area (Å²) >= 11 is 0. The number of aromatic nitrogens is 1. The second kappa shape index (κ2) is 5.15. The first-order chi connectivity index (χ1) is 10.3. The summed E-state index contributed by atoms with van der Waals surface area (Å²) in [6.07, 6.45) is 9.33. The monoisotopic (exact) mass is 280 g/mol. The normalized spacial score (nSPS) is 25.7. The molecule has 2 unspecified atom stereocenters. The van der Waals surface area contributed by atoms with Crippen LogP contribution in [-0.4, -0.2) is 29.2 Å². The highest BCUT2D eigenvalue weighted by Gasteiger charge is 2.31. The van der Waals surface area contributed by atoms with E-state index in [-0.39, 0.29) is 0 Å². The molecule has 1 fully saturated rings. The van der Waals surface area contributed by atoms with Crippen molar-refractivity contribution >= 4 is 5.57 Å². The van der Waals surface area contributed by atoms with Gasteiger partial charge in [-0.25, -0.2) is 0 Å². The molecular weight excluding hydrogens is 260 g/mol. The van der Waals surface area contributed by atoms with Crippen LogP contribution in [0, 0.1) is 0 Å². The molecule has 0 amide bonds. The van der Waals surface area contributed by atoms with Crippen molar-refractivity contribution in [2.75, 3.05) is 7.05 Å². The van der Waals surface area contributed by atoms with Crippen LogP contribution in [0.5, 0.6) is 0 Å². The second-order valence-electron chi connectivity index (χ2n) is 6.17. The Morgan fingerprint density at radius 2 is 1.90 bits per heavy atom. The Kier molecular flexibility index (Phi) is 3.15. The predicted molar refractivity (Wildman–Crippen MR) is 83.7 cm³/mol. The summed E-state index contributed by atoms with van der Waals surface area (Å²) in [7, 11) is 2.27. The summed E-state index contributed by atoms with van der Waals surface area (Å²) in [4.78, 5) is 2.55. The van der Waals surface area contributed by atoms with E-state index in [0.29, 0.717) is 6.04 Å². The molecule has 4 rings (SSSR count). The molecule has 1 saturated heterocycles.